The number of benzene rings is 2. The van der Waals surface area contributed by atoms with Crippen molar-refractivity contribution in [1.82, 2.24) is 25.1 Å². The number of halogens is 4. The molecule has 3 aromatic rings. The van der Waals surface area contributed by atoms with Crippen LogP contribution in [0, 0.1) is 5.82 Å². The summed E-state index contributed by atoms with van der Waals surface area (Å²) in [5.41, 5.74) is -0.919. The molecule has 1 fully saturated rings. The van der Waals surface area contributed by atoms with Crippen molar-refractivity contribution in [3.8, 4) is 17.4 Å². The second-order valence-electron chi connectivity index (χ2n) is 10.5. The van der Waals surface area contributed by atoms with Gasteiger partial charge in [0.15, 0.2) is 0 Å². The molecule has 3 heterocycles. The zero-order valence-corrected chi connectivity index (χ0v) is 24.3. The van der Waals surface area contributed by atoms with Gasteiger partial charge in [-0.05, 0) is 37.7 Å². The van der Waals surface area contributed by atoms with Crippen LogP contribution in [0.25, 0.3) is 0 Å². The van der Waals surface area contributed by atoms with Crippen LogP contribution >= 0.6 is 0 Å². The average Bonchev–Trinajstić information content (AvgIpc) is 3.27. The first-order valence-electron chi connectivity index (χ1n) is 13.6. The molecule has 0 saturated carbocycles. The summed E-state index contributed by atoms with van der Waals surface area (Å²) in [6.45, 7) is 1.59. The molecule has 2 aliphatic heterocycles. The van der Waals surface area contributed by atoms with Crippen LogP contribution in [0.2, 0.25) is 0 Å². The largest absolute Gasteiger partial charge is 0.495 e. The Morgan fingerprint density at radius 2 is 1.91 bits per heavy atom. The number of likely N-dealkylation sites (tertiary alicyclic amines) is 1. The van der Waals surface area contributed by atoms with Gasteiger partial charge < -0.3 is 34.6 Å². The lowest BCUT2D eigenvalue weighted by atomic mass is 10.0. The normalized spacial score (nSPS) is 18.6. The van der Waals surface area contributed by atoms with Crippen LogP contribution in [0.15, 0.2) is 36.5 Å². The van der Waals surface area contributed by atoms with Crippen molar-refractivity contribution in [2.24, 2.45) is 0 Å². The zero-order valence-electron chi connectivity index (χ0n) is 24.3. The second kappa shape index (κ2) is 12.2. The molecule has 0 radical (unpaired) electrons. The number of amides is 2. The molecule has 2 unspecified atom stereocenters. The van der Waals surface area contributed by atoms with Crippen LogP contribution in [0.4, 0.5) is 29.2 Å². The van der Waals surface area contributed by atoms with Crippen molar-refractivity contribution in [2.75, 3.05) is 46.7 Å². The van der Waals surface area contributed by atoms with Crippen molar-refractivity contribution in [3.63, 3.8) is 0 Å². The Bertz CT molecular complexity index is 1590. The van der Waals surface area contributed by atoms with Crippen LogP contribution in [-0.4, -0.2) is 85.1 Å². The fourth-order valence-corrected chi connectivity index (χ4v) is 5.19. The number of ether oxygens (including phenoxy) is 3. The lowest BCUT2D eigenvalue weighted by molar-refractivity contribution is -0.139. The van der Waals surface area contributed by atoms with Gasteiger partial charge in [-0.2, -0.15) is 18.2 Å². The number of anilines is 2. The lowest BCUT2D eigenvalue weighted by Crippen LogP contribution is -2.53. The fourth-order valence-electron chi connectivity index (χ4n) is 5.19. The van der Waals surface area contributed by atoms with Crippen molar-refractivity contribution in [3.05, 3.63) is 64.6 Å². The number of rotatable bonds is 8. The van der Waals surface area contributed by atoms with Crippen LogP contribution in [0.5, 0.6) is 17.4 Å². The summed E-state index contributed by atoms with van der Waals surface area (Å²) in [5.74, 6) is -3.36. The number of likely N-dealkylation sites (N-methyl/N-ethyl adjacent to an activating group) is 1. The predicted octanol–water partition coefficient (Wildman–Crippen LogP) is 4.21. The van der Waals surface area contributed by atoms with Crippen molar-refractivity contribution in [1.29, 1.82) is 0 Å². The van der Waals surface area contributed by atoms with E-state index in [1.807, 2.05) is 7.05 Å². The van der Waals surface area contributed by atoms with E-state index in [0.29, 0.717) is 24.7 Å². The number of hydrogen-bond donors (Lipinski definition) is 2. The summed E-state index contributed by atoms with van der Waals surface area (Å²) in [6.07, 6.45) is -4.06. The van der Waals surface area contributed by atoms with Gasteiger partial charge in [-0.15, -0.1) is 0 Å². The minimum Gasteiger partial charge on any atom is -0.495 e. The summed E-state index contributed by atoms with van der Waals surface area (Å²) in [5, 5.41) is 5.45. The number of nitrogens with one attached hydrogen (secondary N) is 2. The number of alkyl halides is 3. The number of hydrogen-bond acceptors (Lipinski definition) is 9. The van der Waals surface area contributed by atoms with Gasteiger partial charge in [-0.3, -0.25) is 9.59 Å². The SMILES string of the molecule is COc1cc(C(=O)NC2CCN(C)CC2OC)c(F)cc1Nc1ncc(C(F)(F)F)c(Oc2cccc3c2C(=O)N(C)C3)n1. The van der Waals surface area contributed by atoms with Gasteiger partial charge in [0, 0.05) is 39.5 Å². The molecule has 234 valence electrons. The quantitative estimate of drug-likeness (QED) is 0.358. The van der Waals surface area contributed by atoms with Gasteiger partial charge in [0.05, 0.1) is 36.1 Å². The third kappa shape index (κ3) is 6.24. The molecule has 11 nitrogen and oxygen atoms in total. The maximum Gasteiger partial charge on any atom is 0.423 e. The highest BCUT2D eigenvalue weighted by Crippen LogP contribution is 2.40. The average molecular weight is 619 g/mol. The van der Waals surface area contributed by atoms with E-state index in [-0.39, 0.29) is 53.0 Å². The Morgan fingerprint density at radius 1 is 1.14 bits per heavy atom. The third-order valence-corrected chi connectivity index (χ3v) is 7.51. The summed E-state index contributed by atoms with van der Waals surface area (Å²) < 4.78 is 73.3. The van der Waals surface area contributed by atoms with E-state index < -0.39 is 35.3 Å². The topological polar surface area (TPSA) is 118 Å². The van der Waals surface area contributed by atoms with E-state index in [0.717, 1.165) is 12.6 Å². The van der Waals surface area contributed by atoms with Gasteiger partial charge in [0.25, 0.3) is 11.8 Å². The van der Waals surface area contributed by atoms with E-state index in [1.165, 1.54) is 31.3 Å². The van der Waals surface area contributed by atoms with E-state index in [4.69, 9.17) is 14.2 Å². The Hall–Kier alpha value is -4.50. The summed E-state index contributed by atoms with van der Waals surface area (Å²) >= 11 is 0. The van der Waals surface area contributed by atoms with Crippen LogP contribution in [0.1, 0.15) is 38.3 Å². The molecular weight excluding hydrogens is 588 g/mol. The number of nitrogens with zero attached hydrogens (tertiary/aromatic N) is 4. The summed E-state index contributed by atoms with van der Waals surface area (Å²) in [6, 6.07) is 6.38. The highest BCUT2D eigenvalue weighted by atomic mass is 19.4. The minimum absolute atomic E-state index is 0.00342. The first kappa shape index (κ1) is 30.9. The molecule has 2 N–H and O–H groups in total. The first-order chi connectivity index (χ1) is 20.9. The third-order valence-electron chi connectivity index (χ3n) is 7.51. The highest BCUT2D eigenvalue weighted by Gasteiger charge is 2.38. The Kier molecular flexibility index (Phi) is 8.61. The van der Waals surface area contributed by atoms with Gasteiger partial charge in [0.1, 0.15) is 22.9 Å². The van der Waals surface area contributed by atoms with Crippen molar-refractivity contribution >= 4 is 23.5 Å². The molecule has 2 atom stereocenters. The zero-order chi connectivity index (χ0) is 31.8. The Labute approximate surface area is 250 Å². The Balaban J connectivity index is 1.42. The number of carbonyl (C=O) groups excluding carboxylic acids is 2. The van der Waals surface area contributed by atoms with E-state index >= 15 is 4.39 Å². The minimum atomic E-state index is -4.89. The molecule has 0 spiro atoms. The fraction of sp³-hybridized carbons (Fsp3) is 0.379. The standard InChI is InChI=1S/C29H30F4N6O5/c1-38-9-8-19(23(14-38)43-4)35-25(40)16-10-22(42-3)20(11-18(16)30)36-28-34-12-17(29(31,32)33)26(37-28)44-21-7-5-6-15-13-39(2)27(41)24(15)21/h5-7,10-12,19,23H,8-9,13-14H2,1-4H3,(H,35,40)(H,34,36,37). The molecular formula is C29H30F4N6O5. The molecule has 44 heavy (non-hydrogen) atoms. The monoisotopic (exact) mass is 618 g/mol. The predicted molar refractivity (Wildman–Crippen MR) is 150 cm³/mol. The molecule has 2 aromatic carbocycles. The molecule has 5 rings (SSSR count). The molecule has 1 aromatic heterocycles. The maximum absolute atomic E-state index is 15.3. The first-order valence-corrected chi connectivity index (χ1v) is 13.6. The van der Waals surface area contributed by atoms with Crippen LogP contribution in [-0.2, 0) is 17.5 Å². The number of carbonyl (C=O) groups is 2. The lowest BCUT2D eigenvalue weighted by Gasteiger charge is -2.36. The van der Waals surface area contributed by atoms with E-state index in [2.05, 4.69) is 25.5 Å². The molecule has 1 saturated heterocycles. The molecule has 15 heteroatoms. The smallest absolute Gasteiger partial charge is 0.423 e. The van der Waals surface area contributed by atoms with Crippen molar-refractivity contribution < 1.29 is 41.4 Å². The molecule has 2 aliphatic rings. The summed E-state index contributed by atoms with van der Waals surface area (Å²) in [4.78, 5) is 36.7. The summed E-state index contributed by atoms with van der Waals surface area (Å²) in [7, 11) is 6.32. The number of methoxy groups -OCH3 is 2. The number of fused-ring (bicyclic) bond motifs is 1. The molecule has 0 aliphatic carbocycles. The van der Waals surface area contributed by atoms with Gasteiger partial charge >= 0.3 is 6.18 Å². The van der Waals surface area contributed by atoms with Gasteiger partial charge in [0.2, 0.25) is 11.8 Å². The highest BCUT2D eigenvalue weighted by molar-refractivity contribution is 6.01. The van der Waals surface area contributed by atoms with E-state index in [1.54, 1.807) is 19.2 Å². The number of aromatic nitrogens is 2. The second-order valence-corrected chi connectivity index (χ2v) is 10.5. The van der Waals surface area contributed by atoms with Crippen LogP contribution < -0.4 is 20.1 Å². The molecule has 0 bridgehead atoms. The number of piperidine rings is 1. The molecule has 2 amide bonds. The van der Waals surface area contributed by atoms with Gasteiger partial charge in [-0.25, -0.2) is 9.37 Å². The van der Waals surface area contributed by atoms with Gasteiger partial charge in [-0.1, -0.05) is 12.1 Å². The van der Waals surface area contributed by atoms with E-state index in [9.17, 15) is 22.8 Å². The Morgan fingerprint density at radius 3 is 2.61 bits per heavy atom. The van der Waals surface area contributed by atoms with Crippen molar-refractivity contribution in [2.45, 2.75) is 31.3 Å². The maximum atomic E-state index is 15.3. The van der Waals surface area contributed by atoms with Crippen LogP contribution in [0.3, 0.4) is 0 Å².